The van der Waals surface area contributed by atoms with Gasteiger partial charge in [0.2, 0.25) is 0 Å². The molecular formula is C15H15F3N2O. The number of hydrogen-bond donors (Lipinski definition) is 1. The Kier molecular flexibility index (Phi) is 4.80. The zero-order chi connectivity index (χ0) is 15.3. The predicted octanol–water partition coefficient (Wildman–Crippen LogP) is 3.48. The number of ether oxygens (including phenoxy) is 1. The number of pyridine rings is 1. The fourth-order valence-electron chi connectivity index (χ4n) is 2.04. The molecule has 0 aliphatic carbocycles. The Bertz CT molecular complexity index is 555. The van der Waals surface area contributed by atoms with Crippen LogP contribution in [0, 0.1) is 0 Å². The third-order valence-electron chi connectivity index (χ3n) is 3.03. The van der Waals surface area contributed by atoms with Gasteiger partial charge in [0.1, 0.15) is 5.75 Å². The summed E-state index contributed by atoms with van der Waals surface area (Å²) in [5.41, 5.74) is 1.93. The first-order valence-electron chi connectivity index (χ1n) is 6.40. The van der Waals surface area contributed by atoms with E-state index in [1.807, 2.05) is 12.1 Å². The molecule has 0 aliphatic rings. The van der Waals surface area contributed by atoms with Crippen molar-refractivity contribution < 1.29 is 17.9 Å². The Morgan fingerprint density at radius 3 is 2.43 bits per heavy atom. The zero-order valence-electron chi connectivity index (χ0n) is 11.4. The molecule has 0 fully saturated rings. The fourth-order valence-corrected chi connectivity index (χ4v) is 2.04. The molecule has 2 aromatic rings. The summed E-state index contributed by atoms with van der Waals surface area (Å²) >= 11 is 0. The van der Waals surface area contributed by atoms with E-state index < -0.39 is 6.36 Å². The molecule has 3 nitrogen and oxygen atoms in total. The summed E-state index contributed by atoms with van der Waals surface area (Å²) < 4.78 is 40.2. The van der Waals surface area contributed by atoms with Gasteiger partial charge in [0.25, 0.3) is 0 Å². The van der Waals surface area contributed by atoms with Gasteiger partial charge in [-0.15, -0.1) is 13.2 Å². The SMILES string of the molecule is CNC(Cc1cccnc1)c1ccc(OC(F)(F)F)cc1. The van der Waals surface area contributed by atoms with Crippen molar-refractivity contribution in [3.8, 4) is 5.75 Å². The van der Waals surface area contributed by atoms with Crippen LogP contribution < -0.4 is 10.1 Å². The first-order valence-corrected chi connectivity index (χ1v) is 6.40. The lowest BCUT2D eigenvalue weighted by molar-refractivity contribution is -0.274. The molecule has 6 heteroatoms. The number of hydrogen-bond acceptors (Lipinski definition) is 3. The van der Waals surface area contributed by atoms with Crippen molar-refractivity contribution in [1.29, 1.82) is 0 Å². The molecule has 0 spiro atoms. The highest BCUT2D eigenvalue weighted by molar-refractivity contribution is 5.30. The van der Waals surface area contributed by atoms with Gasteiger partial charge >= 0.3 is 6.36 Å². The molecule has 1 atom stereocenters. The minimum atomic E-state index is -4.67. The molecule has 1 unspecified atom stereocenters. The van der Waals surface area contributed by atoms with E-state index in [4.69, 9.17) is 0 Å². The maximum atomic E-state index is 12.1. The van der Waals surface area contributed by atoms with Crippen molar-refractivity contribution in [3.05, 3.63) is 59.9 Å². The van der Waals surface area contributed by atoms with Gasteiger partial charge in [0.15, 0.2) is 0 Å². The van der Waals surface area contributed by atoms with Crippen LogP contribution in [-0.4, -0.2) is 18.4 Å². The second-order valence-corrected chi connectivity index (χ2v) is 4.52. The molecule has 1 N–H and O–H groups in total. The first-order chi connectivity index (χ1) is 9.98. The van der Waals surface area contributed by atoms with Crippen LogP contribution in [0.3, 0.4) is 0 Å². The Hall–Kier alpha value is -2.08. The van der Waals surface area contributed by atoms with Gasteiger partial charge in [-0.2, -0.15) is 0 Å². The van der Waals surface area contributed by atoms with Crippen LogP contribution in [0.4, 0.5) is 13.2 Å². The van der Waals surface area contributed by atoms with Gasteiger partial charge in [-0.3, -0.25) is 4.98 Å². The van der Waals surface area contributed by atoms with Crippen LogP contribution in [0.25, 0.3) is 0 Å². The highest BCUT2D eigenvalue weighted by atomic mass is 19.4. The summed E-state index contributed by atoms with van der Waals surface area (Å²) in [6, 6.07) is 9.68. The van der Waals surface area contributed by atoms with Gasteiger partial charge in [-0.1, -0.05) is 18.2 Å². The number of halogens is 3. The fraction of sp³-hybridized carbons (Fsp3) is 0.267. The molecule has 0 amide bonds. The van der Waals surface area contributed by atoms with Gasteiger partial charge < -0.3 is 10.1 Å². The summed E-state index contributed by atoms with van der Waals surface area (Å²) in [6.07, 6.45) is -0.504. The highest BCUT2D eigenvalue weighted by Crippen LogP contribution is 2.25. The Morgan fingerprint density at radius 2 is 1.90 bits per heavy atom. The van der Waals surface area contributed by atoms with E-state index in [1.54, 1.807) is 31.6 Å². The van der Waals surface area contributed by atoms with Crippen LogP contribution in [0.1, 0.15) is 17.2 Å². The molecule has 0 radical (unpaired) electrons. The number of alkyl halides is 3. The van der Waals surface area contributed by atoms with E-state index >= 15 is 0 Å². The number of rotatable bonds is 5. The molecule has 0 bridgehead atoms. The summed E-state index contributed by atoms with van der Waals surface area (Å²) in [6.45, 7) is 0. The third-order valence-corrected chi connectivity index (χ3v) is 3.03. The smallest absolute Gasteiger partial charge is 0.406 e. The van der Waals surface area contributed by atoms with Crippen LogP contribution in [0.5, 0.6) is 5.75 Å². The molecular weight excluding hydrogens is 281 g/mol. The maximum absolute atomic E-state index is 12.1. The summed E-state index contributed by atoms with van der Waals surface area (Å²) in [7, 11) is 1.81. The van der Waals surface area contributed by atoms with Crippen molar-refractivity contribution in [3.63, 3.8) is 0 Å². The molecule has 1 heterocycles. The van der Waals surface area contributed by atoms with E-state index in [9.17, 15) is 13.2 Å². The third kappa shape index (κ3) is 4.75. The lowest BCUT2D eigenvalue weighted by atomic mass is 10.00. The van der Waals surface area contributed by atoms with Gasteiger partial charge in [0.05, 0.1) is 0 Å². The van der Waals surface area contributed by atoms with Crippen molar-refractivity contribution in [2.24, 2.45) is 0 Å². The summed E-state index contributed by atoms with van der Waals surface area (Å²) in [4.78, 5) is 4.05. The summed E-state index contributed by atoms with van der Waals surface area (Å²) in [5, 5.41) is 3.14. The number of benzene rings is 1. The number of likely N-dealkylation sites (N-methyl/N-ethyl adjacent to an activating group) is 1. The van der Waals surface area contributed by atoms with E-state index in [1.165, 1.54) is 12.1 Å². The molecule has 0 saturated carbocycles. The second-order valence-electron chi connectivity index (χ2n) is 4.52. The van der Waals surface area contributed by atoms with Crippen molar-refractivity contribution in [1.82, 2.24) is 10.3 Å². The van der Waals surface area contributed by atoms with Gasteiger partial charge in [-0.05, 0) is 42.8 Å². The average Bonchev–Trinajstić information content (AvgIpc) is 2.45. The maximum Gasteiger partial charge on any atom is 0.573 e. The first kappa shape index (κ1) is 15.3. The van der Waals surface area contributed by atoms with E-state index in [-0.39, 0.29) is 11.8 Å². The average molecular weight is 296 g/mol. The van der Waals surface area contributed by atoms with E-state index in [0.717, 1.165) is 11.1 Å². The van der Waals surface area contributed by atoms with Crippen LogP contribution in [0.15, 0.2) is 48.8 Å². The lowest BCUT2D eigenvalue weighted by Crippen LogP contribution is -2.19. The lowest BCUT2D eigenvalue weighted by Gasteiger charge is -2.17. The van der Waals surface area contributed by atoms with Crippen molar-refractivity contribution in [2.45, 2.75) is 18.8 Å². The molecule has 112 valence electrons. The predicted molar refractivity (Wildman–Crippen MR) is 72.9 cm³/mol. The van der Waals surface area contributed by atoms with E-state index in [0.29, 0.717) is 6.42 Å². The Balaban J connectivity index is 2.08. The monoisotopic (exact) mass is 296 g/mol. The highest BCUT2D eigenvalue weighted by Gasteiger charge is 2.31. The van der Waals surface area contributed by atoms with Crippen LogP contribution in [-0.2, 0) is 6.42 Å². The summed E-state index contributed by atoms with van der Waals surface area (Å²) in [5.74, 6) is -0.220. The minimum Gasteiger partial charge on any atom is -0.406 e. The molecule has 21 heavy (non-hydrogen) atoms. The normalized spacial score (nSPS) is 13.0. The standard InChI is InChI=1S/C15H15F3N2O/c1-19-14(9-11-3-2-8-20-10-11)12-4-6-13(7-5-12)21-15(16,17)18/h2-8,10,14,19H,9H2,1H3. The zero-order valence-corrected chi connectivity index (χ0v) is 11.4. The Labute approximate surface area is 120 Å². The molecule has 0 aliphatic heterocycles. The Morgan fingerprint density at radius 1 is 1.19 bits per heavy atom. The van der Waals surface area contributed by atoms with Crippen molar-refractivity contribution in [2.75, 3.05) is 7.05 Å². The second kappa shape index (κ2) is 6.58. The molecule has 0 saturated heterocycles. The van der Waals surface area contributed by atoms with Crippen LogP contribution >= 0.6 is 0 Å². The minimum absolute atomic E-state index is 0.00543. The van der Waals surface area contributed by atoms with E-state index in [2.05, 4.69) is 15.0 Å². The van der Waals surface area contributed by atoms with Crippen LogP contribution in [0.2, 0.25) is 0 Å². The largest absolute Gasteiger partial charge is 0.573 e. The molecule has 2 rings (SSSR count). The molecule has 1 aromatic heterocycles. The number of nitrogens with one attached hydrogen (secondary N) is 1. The molecule has 1 aromatic carbocycles. The van der Waals surface area contributed by atoms with Crippen molar-refractivity contribution >= 4 is 0 Å². The van der Waals surface area contributed by atoms with Gasteiger partial charge in [0, 0.05) is 18.4 Å². The topological polar surface area (TPSA) is 34.2 Å². The van der Waals surface area contributed by atoms with Gasteiger partial charge in [-0.25, -0.2) is 0 Å². The number of aromatic nitrogens is 1. The number of nitrogens with zero attached hydrogens (tertiary/aromatic N) is 1. The quantitative estimate of drug-likeness (QED) is 0.917.